The lowest BCUT2D eigenvalue weighted by Gasteiger charge is -2.11. The molecule has 0 saturated carbocycles. The molecule has 0 aliphatic rings. The maximum Gasteiger partial charge on any atom is 0.573 e. The van der Waals surface area contributed by atoms with Crippen LogP contribution >= 0.6 is 0 Å². The second-order valence-electron chi connectivity index (χ2n) is 4.30. The number of hydrogen-bond donors (Lipinski definition) is 1. The highest BCUT2D eigenvalue weighted by Gasteiger charge is 2.30. The molecule has 21 heavy (non-hydrogen) atoms. The van der Waals surface area contributed by atoms with Crippen LogP contribution in [0.15, 0.2) is 53.7 Å². The second kappa shape index (κ2) is 5.87. The molecule has 0 radical (unpaired) electrons. The number of alkyl halides is 3. The molecule has 0 aliphatic carbocycles. The van der Waals surface area contributed by atoms with E-state index in [0.717, 1.165) is 5.56 Å². The van der Waals surface area contributed by atoms with Gasteiger partial charge in [0.2, 0.25) is 0 Å². The van der Waals surface area contributed by atoms with Crippen molar-refractivity contribution in [1.82, 2.24) is 0 Å². The Balaban J connectivity index is 2.36. The number of halogens is 3. The minimum Gasteiger partial charge on any atom is -0.411 e. The fourth-order valence-corrected chi connectivity index (χ4v) is 1.94. The molecule has 0 heterocycles. The lowest BCUT2D eigenvalue weighted by Crippen LogP contribution is -2.16. The van der Waals surface area contributed by atoms with Crippen LogP contribution in [0.1, 0.15) is 12.5 Å². The van der Waals surface area contributed by atoms with Crippen molar-refractivity contribution in [3.05, 3.63) is 54.1 Å². The molecule has 0 fully saturated rings. The highest BCUT2D eigenvalue weighted by molar-refractivity contribution is 6.04. The lowest BCUT2D eigenvalue weighted by atomic mass is 9.97. The molecule has 110 valence electrons. The zero-order valence-electron chi connectivity index (χ0n) is 11.1. The van der Waals surface area contributed by atoms with Crippen molar-refractivity contribution in [1.29, 1.82) is 0 Å². The number of hydrogen-bond acceptors (Lipinski definition) is 3. The Labute approximate surface area is 119 Å². The normalized spacial score (nSPS) is 12.3. The molecule has 0 saturated heterocycles. The number of rotatable bonds is 3. The zero-order valence-corrected chi connectivity index (χ0v) is 11.1. The largest absolute Gasteiger partial charge is 0.573 e. The minimum absolute atomic E-state index is 0.281. The Kier molecular flexibility index (Phi) is 4.16. The molecule has 0 aliphatic heterocycles. The third kappa shape index (κ3) is 3.75. The minimum atomic E-state index is -4.71. The summed E-state index contributed by atoms with van der Waals surface area (Å²) < 4.78 is 40.2. The van der Waals surface area contributed by atoms with E-state index >= 15 is 0 Å². The van der Waals surface area contributed by atoms with E-state index in [1.54, 1.807) is 31.2 Å². The predicted octanol–water partition coefficient (Wildman–Crippen LogP) is 4.45. The van der Waals surface area contributed by atoms with E-state index in [4.69, 9.17) is 5.21 Å². The highest BCUT2D eigenvalue weighted by atomic mass is 19.4. The van der Waals surface area contributed by atoms with Gasteiger partial charge < -0.3 is 9.94 Å². The van der Waals surface area contributed by atoms with Crippen molar-refractivity contribution in [3.8, 4) is 16.9 Å². The van der Waals surface area contributed by atoms with Gasteiger partial charge in [-0.1, -0.05) is 41.6 Å². The quantitative estimate of drug-likeness (QED) is 0.516. The zero-order chi connectivity index (χ0) is 15.5. The van der Waals surface area contributed by atoms with Crippen molar-refractivity contribution < 1.29 is 23.1 Å². The first-order valence-electron chi connectivity index (χ1n) is 6.05. The summed E-state index contributed by atoms with van der Waals surface area (Å²) in [5.74, 6) is -0.281. The van der Waals surface area contributed by atoms with Crippen LogP contribution in [0.3, 0.4) is 0 Å². The smallest absolute Gasteiger partial charge is 0.411 e. The standard InChI is InChI=1S/C15H12F3NO2/c1-10(19-20)13-4-2-3-5-14(13)11-6-8-12(9-7-11)21-15(16,17)18/h2-9,20H,1H3/b19-10+. The average Bonchev–Trinajstić information content (AvgIpc) is 2.45. The molecule has 0 bridgehead atoms. The van der Waals surface area contributed by atoms with E-state index in [-0.39, 0.29) is 5.75 Å². The van der Waals surface area contributed by atoms with Gasteiger partial charge in [0.25, 0.3) is 0 Å². The van der Waals surface area contributed by atoms with Gasteiger partial charge in [-0.3, -0.25) is 0 Å². The molecule has 1 N–H and O–H groups in total. The number of ether oxygens (including phenoxy) is 1. The summed E-state index contributed by atoms with van der Waals surface area (Å²) in [7, 11) is 0. The van der Waals surface area contributed by atoms with Crippen molar-refractivity contribution in [2.75, 3.05) is 0 Å². The summed E-state index contributed by atoms with van der Waals surface area (Å²) in [4.78, 5) is 0. The first-order valence-corrected chi connectivity index (χ1v) is 6.05. The van der Waals surface area contributed by atoms with Crippen LogP contribution in [0.2, 0.25) is 0 Å². The van der Waals surface area contributed by atoms with E-state index in [0.29, 0.717) is 16.8 Å². The summed E-state index contributed by atoms with van der Waals surface area (Å²) in [6.07, 6.45) is -4.71. The predicted molar refractivity (Wildman–Crippen MR) is 72.6 cm³/mol. The second-order valence-corrected chi connectivity index (χ2v) is 4.30. The van der Waals surface area contributed by atoms with Gasteiger partial charge in [-0.2, -0.15) is 0 Å². The molecule has 6 heteroatoms. The first kappa shape index (κ1) is 14.9. The van der Waals surface area contributed by atoms with Gasteiger partial charge in [0.05, 0.1) is 5.71 Å². The maximum absolute atomic E-state index is 12.1. The summed E-state index contributed by atoms with van der Waals surface area (Å²) >= 11 is 0. The van der Waals surface area contributed by atoms with Crippen LogP contribution < -0.4 is 4.74 Å². The molecule has 0 spiro atoms. The summed E-state index contributed by atoms with van der Waals surface area (Å²) in [5.41, 5.74) is 2.57. The van der Waals surface area contributed by atoms with Gasteiger partial charge in [0, 0.05) is 5.56 Å². The molecular formula is C15H12F3NO2. The van der Waals surface area contributed by atoms with E-state index in [2.05, 4.69) is 9.89 Å². The molecule has 0 atom stereocenters. The average molecular weight is 295 g/mol. The van der Waals surface area contributed by atoms with E-state index < -0.39 is 6.36 Å². The maximum atomic E-state index is 12.1. The van der Waals surface area contributed by atoms with Gasteiger partial charge in [-0.05, 0) is 30.2 Å². The van der Waals surface area contributed by atoms with E-state index in [1.165, 1.54) is 24.3 Å². The summed E-state index contributed by atoms with van der Waals surface area (Å²) in [6.45, 7) is 1.64. The molecule has 2 aromatic carbocycles. The van der Waals surface area contributed by atoms with E-state index in [9.17, 15) is 13.2 Å². The molecule has 2 rings (SSSR count). The van der Waals surface area contributed by atoms with Crippen LogP contribution in [0.25, 0.3) is 11.1 Å². The third-order valence-corrected chi connectivity index (χ3v) is 2.87. The Morgan fingerprint density at radius 3 is 2.24 bits per heavy atom. The molecule has 0 amide bonds. The van der Waals surface area contributed by atoms with Crippen LogP contribution in [0.4, 0.5) is 13.2 Å². The Morgan fingerprint density at radius 2 is 1.67 bits per heavy atom. The monoisotopic (exact) mass is 295 g/mol. The lowest BCUT2D eigenvalue weighted by molar-refractivity contribution is -0.274. The van der Waals surface area contributed by atoms with Gasteiger partial charge in [0.15, 0.2) is 0 Å². The van der Waals surface area contributed by atoms with Gasteiger partial charge in [-0.25, -0.2) is 0 Å². The van der Waals surface area contributed by atoms with Crippen molar-refractivity contribution in [3.63, 3.8) is 0 Å². The third-order valence-electron chi connectivity index (χ3n) is 2.87. The van der Waals surface area contributed by atoms with Gasteiger partial charge in [-0.15, -0.1) is 13.2 Å². The summed E-state index contributed by atoms with van der Waals surface area (Å²) in [6, 6.07) is 12.7. The van der Waals surface area contributed by atoms with Gasteiger partial charge in [0.1, 0.15) is 5.75 Å². The number of benzene rings is 2. The molecule has 0 aromatic heterocycles. The first-order chi connectivity index (χ1) is 9.90. The highest BCUT2D eigenvalue weighted by Crippen LogP contribution is 2.28. The number of oxime groups is 1. The Bertz CT molecular complexity index is 649. The topological polar surface area (TPSA) is 41.8 Å². The molecule has 2 aromatic rings. The van der Waals surface area contributed by atoms with Crippen LogP contribution in [0.5, 0.6) is 5.75 Å². The Hall–Kier alpha value is -2.50. The van der Waals surface area contributed by atoms with Crippen molar-refractivity contribution in [2.24, 2.45) is 5.16 Å². The van der Waals surface area contributed by atoms with Crippen LogP contribution in [0, 0.1) is 0 Å². The molecule has 3 nitrogen and oxygen atoms in total. The SMILES string of the molecule is C/C(=N\O)c1ccccc1-c1ccc(OC(F)(F)F)cc1. The molecule has 0 unspecified atom stereocenters. The molecular weight excluding hydrogens is 283 g/mol. The van der Waals surface area contributed by atoms with Crippen molar-refractivity contribution in [2.45, 2.75) is 13.3 Å². The number of nitrogens with zero attached hydrogens (tertiary/aromatic N) is 1. The van der Waals surface area contributed by atoms with Gasteiger partial charge >= 0.3 is 6.36 Å². The van der Waals surface area contributed by atoms with E-state index in [1.807, 2.05) is 0 Å². The summed E-state index contributed by atoms with van der Waals surface area (Å²) in [5, 5.41) is 12.0. The fraction of sp³-hybridized carbons (Fsp3) is 0.133. The van der Waals surface area contributed by atoms with Crippen molar-refractivity contribution >= 4 is 5.71 Å². The van der Waals surface area contributed by atoms with Crippen LogP contribution in [-0.2, 0) is 0 Å². The fourth-order valence-electron chi connectivity index (χ4n) is 1.94. The Morgan fingerprint density at radius 1 is 1.05 bits per heavy atom. The van der Waals surface area contributed by atoms with Crippen LogP contribution in [-0.4, -0.2) is 17.3 Å².